The molecule has 1 N–H and O–H groups in total. The summed E-state index contributed by atoms with van der Waals surface area (Å²) in [6.45, 7) is 2.26. The van der Waals surface area contributed by atoms with E-state index >= 15 is 0 Å². The average molecular weight is 414 g/mol. The van der Waals surface area contributed by atoms with Crippen molar-refractivity contribution in [3.63, 3.8) is 0 Å². The second-order valence-electron chi connectivity index (χ2n) is 6.55. The summed E-state index contributed by atoms with van der Waals surface area (Å²) in [7, 11) is 5.86. The van der Waals surface area contributed by atoms with Crippen LogP contribution in [-0.4, -0.2) is 79.4 Å². The molecule has 0 saturated carbocycles. The lowest BCUT2D eigenvalue weighted by Gasteiger charge is -2.41. The van der Waals surface area contributed by atoms with Gasteiger partial charge in [0.1, 0.15) is 35.5 Å². The third-order valence-corrected chi connectivity index (χ3v) is 6.33. The molecule has 1 fully saturated rings. The van der Waals surface area contributed by atoms with E-state index in [1.54, 1.807) is 18.9 Å². The molecule has 0 aliphatic carbocycles. The van der Waals surface area contributed by atoms with Crippen molar-refractivity contribution in [3.8, 4) is 5.75 Å². The van der Waals surface area contributed by atoms with Crippen molar-refractivity contribution in [2.75, 3.05) is 34.5 Å². The van der Waals surface area contributed by atoms with Gasteiger partial charge in [-0.15, -0.1) is 0 Å². The van der Waals surface area contributed by atoms with Gasteiger partial charge in [-0.25, -0.2) is 0 Å². The van der Waals surface area contributed by atoms with Gasteiger partial charge in [0.05, 0.1) is 20.3 Å². The number of amidine groups is 1. The Hall–Kier alpha value is -0.890. The summed E-state index contributed by atoms with van der Waals surface area (Å²) >= 11 is 1.57. The number of hydrogen-bond donors (Lipinski definition) is 1. The third kappa shape index (κ3) is 4.75. The average Bonchev–Trinajstić information content (AvgIpc) is 3.11. The monoisotopic (exact) mass is 414 g/mol. The van der Waals surface area contributed by atoms with E-state index in [9.17, 15) is 5.11 Å². The molecular weight excluding hydrogens is 387 g/mol. The summed E-state index contributed by atoms with van der Waals surface area (Å²) in [4.78, 5) is 6.76. The first-order valence-electron chi connectivity index (χ1n) is 8.82. The number of rotatable bonds is 7. The fourth-order valence-corrected chi connectivity index (χ4v) is 4.84. The first-order chi connectivity index (χ1) is 13.1. The number of thioether (sulfide) groups is 1. The van der Waals surface area contributed by atoms with Crippen LogP contribution in [-0.2, 0) is 20.6 Å². The van der Waals surface area contributed by atoms with Crippen molar-refractivity contribution >= 4 is 25.7 Å². The lowest BCUT2D eigenvalue weighted by molar-refractivity contribution is -0.180. The molecule has 1 aromatic rings. The highest BCUT2D eigenvalue weighted by molar-refractivity contribution is 8.14. The normalized spacial score (nSPS) is 30.4. The van der Waals surface area contributed by atoms with Gasteiger partial charge in [-0.3, -0.25) is 4.99 Å². The Labute approximate surface area is 166 Å². The van der Waals surface area contributed by atoms with Gasteiger partial charge in [0.25, 0.3) is 0 Å². The molecule has 0 spiro atoms. The van der Waals surface area contributed by atoms with Gasteiger partial charge < -0.3 is 28.7 Å². The van der Waals surface area contributed by atoms with Gasteiger partial charge in [-0.05, 0) is 24.4 Å². The SMILES string of the molecule is COc1ccc(CO[C@H]2[C@H](OPC)[C@H]3N=C(N(C)C)S[C@H]3O[C@@H]2CO)cc1. The van der Waals surface area contributed by atoms with Crippen LogP contribution < -0.4 is 4.74 Å². The Kier molecular flexibility index (Phi) is 7.36. The zero-order valence-electron chi connectivity index (χ0n) is 16.0. The number of methoxy groups -OCH3 is 1. The van der Waals surface area contributed by atoms with Crippen LogP contribution in [0, 0.1) is 0 Å². The van der Waals surface area contributed by atoms with Crippen LogP contribution in [0.2, 0.25) is 0 Å². The van der Waals surface area contributed by atoms with Crippen molar-refractivity contribution in [2.45, 2.75) is 36.4 Å². The quantitative estimate of drug-likeness (QED) is 0.684. The molecule has 3 rings (SSSR count). The molecule has 0 radical (unpaired) electrons. The summed E-state index contributed by atoms with van der Waals surface area (Å²) in [6.07, 6.45) is -1.10. The highest BCUT2D eigenvalue weighted by Crippen LogP contribution is 2.40. The molecule has 150 valence electrons. The molecule has 27 heavy (non-hydrogen) atoms. The van der Waals surface area contributed by atoms with Crippen LogP contribution in [0.25, 0.3) is 0 Å². The molecule has 7 nitrogen and oxygen atoms in total. The van der Waals surface area contributed by atoms with Crippen LogP contribution in [0.1, 0.15) is 5.56 Å². The predicted octanol–water partition coefficient (Wildman–Crippen LogP) is 1.94. The maximum absolute atomic E-state index is 9.88. The zero-order valence-corrected chi connectivity index (χ0v) is 17.8. The summed E-state index contributed by atoms with van der Waals surface area (Å²) in [6, 6.07) is 7.58. The smallest absolute Gasteiger partial charge is 0.161 e. The highest BCUT2D eigenvalue weighted by atomic mass is 32.2. The molecule has 2 heterocycles. The van der Waals surface area contributed by atoms with E-state index in [1.165, 1.54) is 0 Å². The van der Waals surface area contributed by atoms with Crippen molar-refractivity contribution in [1.29, 1.82) is 0 Å². The van der Waals surface area contributed by atoms with E-state index in [-0.39, 0.29) is 24.2 Å². The summed E-state index contributed by atoms with van der Waals surface area (Å²) in [5, 5.41) is 10.8. The molecule has 0 aromatic heterocycles. The second kappa shape index (κ2) is 9.54. The van der Waals surface area contributed by atoms with Crippen LogP contribution in [0.15, 0.2) is 29.3 Å². The Morgan fingerprint density at radius 1 is 1.26 bits per heavy atom. The summed E-state index contributed by atoms with van der Waals surface area (Å²) in [5.74, 6) is 0.803. The summed E-state index contributed by atoms with van der Waals surface area (Å²) in [5.41, 5.74) is 0.854. The predicted molar refractivity (Wildman–Crippen MR) is 109 cm³/mol. The van der Waals surface area contributed by atoms with Gasteiger partial charge in [-0.2, -0.15) is 0 Å². The van der Waals surface area contributed by atoms with Crippen molar-refractivity contribution in [3.05, 3.63) is 29.8 Å². The van der Waals surface area contributed by atoms with Crippen molar-refractivity contribution in [1.82, 2.24) is 4.90 Å². The van der Waals surface area contributed by atoms with Crippen molar-refractivity contribution < 1.29 is 23.8 Å². The van der Waals surface area contributed by atoms with Crippen LogP contribution in [0.4, 0.5) is 0 Å². The van der Waals surface area contributed by atoms with E-state index in [0.29, 0.717) is 15.4 Å². The minimum absolute atomic E-state index is 0.124. The number of aliphatic imine (C=N–C) groups is 1. The van der Waals surface area contributed by atoms with E-state index < -0.39 is 12.2 Å². The third-order valence-electron chi connectivity index (χ3n) is 4.51. The topological polar surface area (TPSA) is 72.8 Å². The first kappa shape index (κ1) is 20.8. The number of benzene rings is 1. The van der Waals surface area contributed by atoms with E-state index in [0.717, 1.165) is 16.5 Å². The molecule has 1 saturated heterocycles. The fourth-order valence-electron chi connectivity index (χ4n) is 3.14. The molecule has 2 aliphatic heterocycles. The molecule has 9 heteroatoms. The number of aliphatic hydroxyl groups is 1. The van der Waals surface area contributed by atoms with E-state index in [4.69, 9.17) is 23.7 Å². The minimum atomic E-state index is -0.449. The molecule has 2 aliphatic rings. The van der Waals surface area contributed by atoms with Gasteiger partial charge in [0.15, 0.2) is 5.17 Å². The lowest BCUT2D eigenvalue weighted by atomic mass is 9.98. The summed E-state index contributed by atoms with van der Waals surface area (Å²) < 4.78 is 23.5. The molecule has 0 amide bonds. The van der Waals surface area contributed by atoms with E-state index in [1.807, 2.05) is 49.9 Å². The largest absolute Gasteiger partial charge is 0.497 e. The standard InChI is InChI=1S/C18H27N2O5PS/c1-20(2)18-19-14-16(25-26-4)15(13(9-21)24-17(14)27-18)23-10-11-5-7-12(22-3)8-6-11/h5-8,13-17,21,26H,9-10H2,1-4H3/t13-,14-,15-,16-,17-/m1/s1. The highest BCUT2D eigenvalue weighted by Gasteiger charge is 2.50. The van der Waals surface area contributed by atoms with Crippen LogP contribution in [0.5, 0.6) is 5.75 Å². The van der Waals surface area contributed by atoms with Gasteiger partial charge >= 0.3 is 0 Å². The van der Waals surface area contributed by atoms with Gasteiger partial charge in [-0.1, -0.05) is 23.9 Å². The number of nitrogens with zero attached hydrogens (tertiary/aromatic N) is 2. The maximum Gasteiger partial charge on any atom is 0.161 e. The Bertz CT molecular complexity index is 645. The molecular formula is C18H27N2O5PS. The fraction of sp³-hybridized carbons (Fsp3) is 0.611. The molecule has 1 unspecified atom stereocenters. The number of fused-ring (bicyclic) bond motifs is 1. The number of aliphatic hydroxyl groups excluding tert-OH is 1. The van der Waals surface area contributed by atoms with Gasteiger partial charge in [0, 0.05) is 22.9 Å². The second-order valence-corrected chi connectivity index (χ2v) is 8.26. The maximum atomic E-state index is 9.88. The lowest BCUT2D eigenvalue weighted by Crippen LogP contribution is -2.57. The van der Waals surface area contributed by atoms with E-state index in [2.05, 4.69) is 0 Å². The van der Waals surface area contributed by atoms with Gasteiger partial charge in [0.2, 0.25) is 0 Å². The minimum Gasteiger partial charge on any atom is -0.497 e. The Morgan fingerprint density at radius 3 is 2.59 bits per heavy atom. The Morgan fingerprint density at radius 2 is 2.00 bits per heavy atom. The zero-order chi connectivity index (χ0) is 19.4. The van der Waals surface area contributed by atoms with Crippen LogP contribution >= 0.6 is 20.6 Å². The molecule has 0 bridgehead atoms. The molecule has 1 aromatic carbocycles. The number of ether oxygens (including phenoxy) is 3. The number of hydrogen-bond acceptors (Lipinski definition) is 8. The Balaban J connectivity index is 1.75. The molecule has 6 atom stereocenters. The first-order valence-corrected chi connectivity index (χ1v) is 11.1. The van der Waals surface area contributed by atoms with Crippen molar-refractivity contribution in [2.24, 2.45) is 4.99 Å². The van der Waals surface area contributed by atoms with Crippen LogP contribution in [0.3, 0.4) is 0 Å².